The number of nitrogens with zero attached hydrogens (tertiary/aromatic N) is 8. The molecule has 0 aliphatic carbocycles. The van der Waals surface area contributed by atoms with Crippen molar-refractivity contribution in [3.8, 4) is 17.8 Å². The molecule has 5 aliphatic heterocycles. The highest BCUT2D eigenvalue weighted by Crippen LogP contribution is 2.38. The minimum Gasteiger partial charge on any atom is -0.485 e. The highest BCUT2D eigenvalue weighted by molar-refractivity contribution is 6.36. The summed E-state index contributed by atoms with van der Waals surface area (Å²) in [6.45, 7) is 7.87. The first-order chi connectivity index (χ1) is 35.8. The number of ether oxygens (including phenoxy) is 2. The zero-order valence-electron chi connectivity index (χ0n) is 40.9. The molecule has 6 heterocycles. The van der Waals surface area contributed by atoms with E-state index in [1.54, 1.807) is 41.3 Å². The third-order valence-electron chi connectivity index (χ3n) is 14.6. The molecule has 1 unspecified atom stereocenters. The highest BCUT2D eigenvalue weighted by atomic mass is 35.5. The van der Waals surface area contributed by atoms with Crippen LogP contribution >= 0.6 is 23.2 Å². The Morgan fingerprint density at radius 3 is 2.51 bits per heavy atom. The van der Waals surface area contributed by atoms with Crippen LogP contribution in [0.3, 0.4) is 0 Å². The summed E-state index contributed by atoms with van der Waals surface area (Å²) in [6.07, 6.45) is 3.27. The van der Waals surface area contributed by atoms with Gasteiger partial charge < -0.3 is 44.6 Å². The zero-order chi connectivity index (χ0) is 51.6. The molecule has 1 aromatic heterocycles. The number of piperazine rings is 1. The largest absolute Gasteiger partial charge is 0.485 e. The first-order valence-corrected chi connectivity index (χ1v) is 25.6. The molecule has 3 saturated heterocycles. The summed E-state index contributed by atoms with van der Waals surface area (Å²) in [7, 11) is 2.10. The fourth-order valence-electron chi connectivity index (χ4n) is 10.7. The molecular weight excluding hydrogens is 986 g/mol. The van der Waals surface area contributed by atoms with Crippen LogP contribution < -0.4 is 35.2 Å². The van der Waals surface area contributed by atoms with Crippen molar-refractivity contribution in [1.29, 1.82) is 5.26 Å². The normalized spacial score (nSPS) is 19.7. The van der Waals surface area contributed by atoms with Crippen molar-refractivity contribution in [2.75, 3.05) is 68.1 Å². The van der Waals surface area contributed by atoms with E-state index < -0.39 is 24.0 Å². The molecule has 382 valence electrons. The van der Waals surface area contributed by atoms with Gasteiger partial charge in [0.15, 0.2) is 5.75 Å². The summed E-state index contributed by atoms with van der Waals surface area (Å²) >= 11 is 13.4. The minimum absolute atomic E-state index is 0.0642. The summed E-state index contributed by atoms with van der Waals surface area (Å²) < 4.78 is 12.5. The van der Waals surface area contributed by atoms with Crippen LogP contribution in [-0.2, 0) is 40.4 Å². The molecule has 5 aromatic rings. The molecule has 74 heavy (non-hydrogen) atoms. The van der Waals surface area contributed by atoms with Crippen LogP contribution in [0, 0.1) is 11.3 Å². The van der Waals surface area contributed by atoms with Gasteiger partial charge in [-0.05, 0) is 86.1 Å². The van der Waals surface area contributed by atoms with Gasteiger partial charge in [0.25, 0.3) is 11.8 Å². The van der Waals surface area contributed by atoms with Crippen LogP contribution in [-0.4, -0.2) is 125 Å². The predicted molar refractivity (Wildman–Crippen MR) is 279 cm³/mol. The Hall–Kier alpha value is -7.46. The van der Waals surface area contributed by atoms with Gasteiger partial charge in [0.05, 0.1) is 46.5 Å². The number of imide groups is 1. The summed E-state index contributed by atoms with van der Waals surface area (Å²) in [5.74, 6) is -0.633. The van der Waals surface area contributed by atoms with E-state index in [0.717, 1.165) is 58.5 Å². The van der Waals surface area contributed by atoms with Gasteiger partial charge in [-0.1, -0.05) is 72.2 Å². The lowest BCUT2D eigenvalue weighted by Crippen LogP contribution is -2.56. The number of halogens is 2. The molecule has 6 amide bonds. The summed E-state index contributed by atoms with van der Waals surface area (Å²) in [5.41, 5.74) is 5.16. The number of urea groups is 1. The number of likely N-dealkylation sites (tertiary alicyclic amines) is 1. The molecule has 18 nitrogen and oxygen atoms in total. The second-order valence-corrected chi connectivity index (χ2v) is 20.1. The van der Waals surface area contributed by atoms with Gasteiger partial charge in [-0.15, -0.1) is 0 Å². The van der Waals surface area contributed by atoms with Crippen LogP contribution in [0.1, 0.15) is 64.8 Å². The highest BCUT2D eigenvalue weighted by Gasteiger charge is 2.40. The van der Waals surface area contributed by atoms with Crippen LogP contribution in [0.25, 0.3) is 10.8 Å². The average Bonchev–Trinajstić information content (AvgIpc) is 3.96. The van der Waals surface area contributed by atoms with E-state index in [0.29, 0.717) is 61.4 Å². The van der Waals surface area contributed by atoms with Crippen LogP contribution in [0.15, 0.2) is 84.9 Å². The number of amides is 6. The summed E-state index contributed by atoms with van der Waals surface area (Å²) in [5, 5.41) is 20.9. The third kappa shape index (κ3) is 10.4. The Labute approximate surface area is 438 Å². The Morgan fingerprint density at radius 1 is 0.905 bits per heavy atom. The summed E-state index contributed by atoms with van der Waals surface area (Å²) in [4.78, 5) is 84.8. The second-order valence-electron chi connectivity index (χ2n) is 19.3. The number of nitrogens with one attached hydrogen (secondary N) is 3. The lowest BCUT2D eigenvalue weighted by atomic mass is 10.0. The van der Waals surface area contributed by atoms with E-state index in [-0.39, 0.29) is 91.3 Å². The van der Waals surface area contributed by atoms with Gasteiger partial charge in [0.1, 0.15) is 25.1 Å². The van der Waals surface area contributed by atoms with Gasteiger partial charge in [0, 0.05) is 79.5 Å². The quantitative estimate of drug-likeness (QED) is 0.0791. The number of carbonyl (C=O) groups excluding carboxylic acids is 5. The van der Waals surface area contributed by atoms with Gasteiger partial charge in [-0.25, -0.2) is 4.79 Å². The van der Waals surface area contributed by atoms with E-state index in [2.05, 4.69) is 68.5 Å². The molecular formula is C54H55Cl2N11O7. The first-order valence-electron chi connectivity index (χ1n) is 24.8. The molecule has 20 heteroatoms. The molecule has 3 fully saturated rings. The monoisotopic (exact) mass is 1040 g/mol. The van der Waals surface area contributed by atoms with Crippen molar-refractivity contribution >= 4 is 80.8 Å². The van der Waals surface area contributed by atoms with Crippen molar-refractivity contribution in [1.82, 2.24) is 35.3 Å². The second kappa shape index (κ2) is 21.6. The summed E-state index contributed by atoms with van der Waals surface area (Å²) in [6, 6.07) is 23.2. The number of rotatable bonds is 14. The van der Waals surface area contributed by atoms with Gasteiger partial charge in [-0.2, -0.15) is 15.2 Å². The number of piperidine rings is 1. The van der Waals surface area contributed by atoms with Crippen molar-refractivity contribution in [3.05, 3.63) is 123 Å². The number of benzene rings is 4. The molecule has 5 aliphatic rings. The Morgan fingerprint density at radius 2 is 1.72 bits per heavy atom. The average molecular weight is 1040 g/mol. The standard InChI is InChI=1S/C54H55Cl2N11O7/c1-32(30-73-48-41(56)11-5-12-42(48)59-53(72)58-26-33-14-15-38-35(25-33)27-67(52(38)71)45-16-17-46(68)61-50(45)69)51(70)66-24-23-65(28-36(66)18-20-57)49-39-19-22-64(44-13-4-8-34-7-3-10-40(55)47(34)44)29-43(39)60-54(62-49)74-31-37-9-6-21-63(37)2/h3-5,7-8,10-15,25,36-37,45H,1,6,9,16-19,21-24,26-31H2,2H3,(H2,58,59,72)(H,61,68,69)/t36-,37-,45?/m0/s1. The van der Waals surface area contributed by atoms with E-state index in [4.69, 9.17) is 42.6 Å². The van der Waals surface area contributed by atoms with Crippen molar-refractivity contribution < 1.29 is 33.4 Å². The van der Waals surface area contributed by atoms with Gasteiger partial charge in [0.2, 0.25) is 11.8 Å². The molecule has 0 saturated carbocycles. The smallest absolute Gasteiger partial charge is 0.319 e. The number of carbonyl (C=O) groups is 5. The Bertz CT molecular complexity index is 3120. The number of para-hydroxylation sites is 1. The number of hydrogen-bond acceptors (Lipinski definition) is 13. The fraction of sp³-hybridized carbons (Fsp3) is 0.370. The lowest BCUT2D eigenvalue weighted by molar-refractivity contribution is -0.137. The minimum atomic E-state index is -0.733. The third-order valence-corrected chi connectivity index (χ3v) is 15.2. The number of anilines is 3. The van der Waals surface area contributed by atoms with Crippen LogP contribution in [0.4, 0.5) is 22.0 Å². The SMILES string of the molecule is C=C(COc1c(Cl)cccc1NC(=O)NCc1ccc2c(c1)CN(C1CCC(=O)NC1=O)C2=O)C(=O)N1CCN(c2nc(OC[C@@H]3CCCN3C)nc3c2CCN(c2cccc4cccc(Cl)c24)C3)C[C@@H]1CC#N. The predicted octanol–water partition coefficient (Wildman–Crippen LogP) is 6.62. The zero-order valence-corrected chi connectivity index (χ0v) is 42.4. The topological polar surface area (TPSA) is 206 Å². The molecule has 4 aromatic carbocycles. The molecule has 0 spiro atoms. The van der Waals surface area contributed by atoms with E-state index in [1.165, 1.54) is 4.90 Å². The maximum absolute atomic E-state index is 14.2. The number of nitriles is 1. The maximum Gasteiger partial charge on any atom is 0.319 e. The molecule has 0 bridgehead atoms. The molecule has 3 atom stereocenters. The Kier molecular flexibility index (Phi) is 14.6. The Balaban J connectivity index is 0.786. The number of aromatic nitrogens is 2. The van der Waals surface area contributed by atoms with E-state index >= 15 is 0 Å². The fourth-order valence-corrected chi connectivity index (χ4v) is 11.2. The molecule has 0 radical (unpaired) electrons. The number of fused-ring (bicyclic) bond motifs is 3. The molecule has 3 N–H and O–H groups in total. The molecule has 10 rings (SSSR count). The first kappa shape index (κ1) is 50.1. The van der Waals surface area contributed by atoms with Crippen LogP contribution in [0.2, 0.25) is 10.0 Å². The van der Waals surface area contributed by atoms with Crippen molar-refractivity contribution in [2.24, 2.45) is 0 Å². The number of likely N-dealkylation sites (N-methyl/N-ethyl adjacent to an activating group) is 1. The van der Waals surface area contributed by atoms with E-state index in [1.807, 2.05) is 18.2 Å². The maximum atomic E-state index is 14.2. The number of hydrogen-bond donors (Lipinski definition) is 3. The van der Waals surface area contributed by atoms with Crippen molar-refractivity contribution in [2.45, 2.75) is 76.3 Å². The lowest BCUT2D eigenvalue weighted by Gasteiger charge is -2.42. The van der Waals surface area contributed by atoms with E-state index in [9.17, 15) is 29.2 Å². The van der Waals surface area contributed by atoms with Crippen molar-refractivity contribution in [3.63, 3.8) is 0 Å². The van der Waals surface area contributed by atoms with Gasteiger partial charge >= 0.3 is 12.0 Å². The van der Waals surface area contributed by atoms with Gasteiger partial charge in [-0.3, -0.25) is 24.5 Å². The van der Waals surface area contributed by atoms with Crippen LogP contribution in [0.5, 0.6) is 11.8 Å².